The predicted octanol–water partition coefficient (Wildman–Crippen LogP) is 2.58. The highest BCUT2D eigenvalue weighted by Crippen LogP contribution is 2.25. The zero-order chi connectivity index (χ0) is 16.3. The van der Waals surface area contributed by atoms with Gasteiger partial charge in [0.1, 0.15) is 5.75 Å². The van der Waals surface area contributed by atoms with E-state index in [2.05, 4.69) is 19.1 Å². The van der Waals surface area contributed by atoms with Crippen molar-refractivity contribution in [3.05, 3.63) is 28.8 Å². The van der Waals surface area contributed by atoms with E-state index in [1.165, 1.54) is 5.56 Å². The van der Waals surface area contributed by atoms with Gasteiger partial charge in [-0.3, -0.25) is 4.79 Å². The number of amides is 1. The van der Waals surface area contributed by atoms with E-state index in [0.29, 0.717) is 5.92 Å². The molecule has 1 saturated heterocycles. The Labute approximate surface area is 133 Å². The molecule has 22 heavy (non-hydrogen) atoms. The van der Waals surface area contributed by atoms with Crippen LogP contribution in [0, 0.1) is 26.7 Å². The monoisotopic (exact) mass is 304 g/mol. The van der Waals surface area contributed by atoms with Gasteiger partial charge >= 0.3 is 0 Å². The van der Waals surface area contributed by atoms with Gasteiger partial charge in [0.05, 0.1) is 0 Å². The molecule has 2 unspecified atom stereocenters. The van der Waals surface area contributed by atoms with Crippen LogP contribution >= 0.6 is 0 Å². The number of ether oxygens (including phenoxy) is 1. The van der Waals surface area contributed by atoms with E-state index >= 15 is 0 Å². The molecule has 0 aromatic heterocycles. The van der Waals surface area contributed by atoms with Crippen LogP contribution < -0.4 is 10.5 Å². The maximum atomic E-state index is 12.4. The number of benzene rings is 1. The Morgan fingerprint density at radius 2 is 2.00 bits per heavy atom. The number of rotatable bonds is 4. The van der Waals surface area contributed by atoms with Crippen LogP contribution in [0.3, 0.4) is 0 Å². The molecule has 0 saturated carbocycles. The third-order valence-electron chi connectivity index (χ3n) is 4.50. The highest BCUT2D eigenvalue weighted by molar-refractivity contribution is 5.78. The summed E-state index contributed by atoms with van der Waals surface area (Å²) < 4.78 is 5.81. The third-order valence-corrected chi connectivity index (χ3v) is 4.50. The average Bonchev–Trinajstić information content (AvgIpc) is 2.46. The van der Waals surface area contributed by atoms with Gasteiger partial charge in [0.15, 0.2) is 6.61 Å². The fourth-order valence-electron chi connectivity index (χ4n) is 3.29. The number of aryl methyl sites for hydroxylation is 3. The predicted molar refractivity (Wildman–Crippen MR) is 89.1 cm³/mol. The fourth-order valence-corrected chi connectivity index (χ4v) is 3.29. The third kappa shape index (κ3) is 4.01. The van der Waals surface area contributed by atoms with Crippen molar-refractivity contribution in [3.63, 3.8) is 0 Å². The number of carbonyl (C=O) groups is 1. The van der Waals surface area contributed by atoms with Gasteiger partial charge in [-0.25, -0.2) is 0 Å². The molecule has 2 N–H and O–H groups in total. The summed E-state index contributed by atoms with van der Waals surface area (Å²) in [5.74, 6) is 1.30. The molecule has 1 aromatic rings. The first-order valence-corrected chi connectivity index (χ1v) is 8.12. The van der Waals surface area contributed by atoms with E-state index in [-0.39, 0.29) is 18.6 Å². The van der Waals surface area contributed by atoms with Gasteiger partial charge in [0.2, 0.25) is 0 Å². The van der Waals surface area contributed by atoms with Crippen LogP contribution in [0.15, 0.2) is 12.1 Å². The van der Waals surface area contributed by atoms with E-state index in [0.717, 1.165) is 42.8 Å². The lowest BCUT2D eigenvalue weighted by Crippen LogP contribution is -2.46. The maximum Gasteiger partial charge on any atom is 0.260 e. The highest BCUT2D eigenvalue weighted by atomic mass is 16.5. The molecule has 0 spiro atoms. The summed E-state index contributed by atoms with van der Waals surface area (Å²) in [7, 11) is 0. The van der Waals surface area contributed by atoms with Gasteiger partial charge in [0, 0.05) is 19.1 Å². The summed E-state index contributed by atoms with van der Waals surface area (Å²) in [4.78, 5) is 14.3. The maximum absolute atomic E-state index is 12.4. The zero-order valence-electron chi connectivity index (χ0n) is 14.2. The second-order valence-electron chi connectivity index (χ2n) is 6.62. The second-order valence-corrected chi connectivity index (χ2v) is 6.62. The van der Waals surface area contributed by atoms with E-state index in [9.17, 15) is 4.79 Å². The summed E-state index contributed by atoms with van der Waals surface area (Å²) in [5, 5.41) is 0. The van der Waals surface area contributed by atoms with Crippen LogP contribution in [0.5, 0.6) is 5.75 Å². The van der Waals surface area contributed by atoms with Gasteiger partial charge in [-0.1, -0.05) is 17.7 Å². The molecule has 1 heterocycles. The molecule has 122 valence electrons. The Hall–Kier alpha value is -1.55. The van der Waals surface area contributed by atoms with E-state index in [1.807, 2.05) is 25.7 Å². The van der Waals surface area contributed by atoms with Crippen LogP contribution in [0.2, 0.25) is 0 Å². The standard InChI is InChI=1S/C18H28N2O2/c1-12-8-13(2)18(14(3)9-12)22-11-17(21)20-7-5-6-16(10-20)15(4)19/h8-9,15-16H,5-7,10-11,19H2,1-4H3. The molecule has 2 atom stereocenters. The Balaban J connectivity index is 1.95. The van der Waals surface area contributed by atoms with Gasteiger partial charge in [-0.2, -0.15) is 0 Å². The van der Waals surface area contributed by atoms with Gasteiger partial charge in [0.25, 0.3) is 5.91 Å². The van der Waals surface area contributed by atoms with E-state index < -0.39 is 0 Å². The number of nitrogens with two attached hydrogens (primary N) is 1. The minimum Gasteiger partial charge on any atom is -0.483 e. The molecule has 1 aromatic carbocycles. The summed E-state index contributed by atoms with van der Waals surface area (Å²) in [6.45, 7) is 9.81. The first-order chi connectivity index (χ1) is 10.4. The SMILES string of the molecule is Cc1cc(C)c(OCC(=O)N2CCCC(C(C)N)C2)c(C)c1. The van der Waals surface area contributed by atoms with Gasteiger partial charge in [-0.05, 0) is 57.6 Å². The molecule has 1 fully saturated rings. The average molecular weight is 304 g/mol. The number of hydrogen-bond donors (Lipinski definition) is 1. The Bertz CT molecular complexity index is 517. The lowest BCUT2D eigenvalue weighted by molar-refractivity contribution is -0.135. The lowest BCUT2D eigenvalue weighted by atomic mass is 9.92. The smallest absolute Gasteiger partial charge is 0.260 e. The molecule has 1 amide bonds. The molecular weight excluding hydrogens is 276 g/mol. The van der Waals surface area contributed by atoms with Crippen LogP contribution in [0.4, 0.5) is 0 Å². The number of carbonyl (C=O) groups excluding carboxylic acids is 1. The Morgan fingerprint density at radius 3 is 2.59 bits per heavy atom. The molecule has 2 rings (SSSR count). The molecule has 0 bridgehead atoms. The first-order valence-electron chi connectivity index (χ1n) is 8.12. The summed E-state index contributed by atoms with van der Waals surface area (Å²) >= 11 is 0. The van der Waals surface area contributed by atoms with Crippen molar-refractivity contribution in [1.29, 1.82) is 0 Å². The zero-order valence-corrected chi connectivity index (χ0v) is 14.2. The Morgan fingerprint density at radius 1 is 1.36 bits per heavy atom. The molecule has 1 aliphatic rings. The summed E-state index contributed by atoms with van der Waals surface area (Å²) in [6, 6.07) is 4.30. The van der Waals surface area contributed by atoms with Crippen molar-refractivity contribution in [1.82, 2.24) is 4.90 Å². The largest absolute Gasteiger partial charge is 0.483 e. The van der Waals surface area contributed by atoms with Crippen LogP contribution in [-0.4, -0.2) is 36.5 Å². The molecule has 1 aliphatic heterocycles. The number of hydrogen-bond acceptors (Lipinski definition) is 3. The Kier molecular flexibility index (Phi) is 5.46. The van der Waals surface area contributed by atoms with E-state index in [1.54, 1.807) is 0 Å². The second kappa shape index (κ2) is 7.14. The quantitative estimate of drug-likeness (QED) is 0.930. The van der Waals surface area contributed by atoms with Crippen LogP contribution in [0.25, 0.3) is 0 Å². The van der Waals surface area contributed by atoms with Crippen LogP contribution in [0.1, 0.15) is 36.5 Å². The minimum absolute atomic E-state index is 0.0599. The first kappa shape index (κ1) is 16.8. The molecule has 0 radical (unpaired) electrons. The topological polar surface area (TPSA) is 55.6 Å². The van der Waals surface area contributed by atoms with Crippen molar-refractivity contribution < 1.29 is 9.53 Å². The fraction of sp³-hybridized carbons (Fsp3) is 0.611. The summed E-state index contributed by atoms with van der Waals surface area (Å²) in [5.41, 5.74) is 9.35. The van der Waals surface area contributed by atoms with Gasteiger partial charge in [-0.15, -0.1) is 0 Å². The van der Waals surface area contributed by atoms with Crippen LogP contribution in [-0.2, 0) is 4.79 Å². The molecule has 4 heteroatoms. The number of likely N-dealkylation sites (tertiary alicyclic amines) is 1. The number of nitrogens with zero attached hydrogens (tertiary/aromatic N) is 1. The van der Waals surface area contributed by atoms with Gasteiger partial charge < -0.3 is 15.4 Å². The van der Waals surface area contributed by atoms with Crippen molar-refractivity contribution in [3.8, 4) is 5.75 Å². The summed E-state index contributed by atoms with van der Waals surface area (Å²) in [6.07, 6.45) is 2.14. The number of piperidine rings is 1. The lowest BCUT2D eigenvalue weighted by Gasteiger charge is -2.34. The molecule has 4 nitrogen and oxygen atoms in total. The normalized spacial score (nSPS) is 19.9. The van der Waals surface area contributed by atoms with Crippen molar-refractivity contribution >= 4 is 5.91 Å². The highest BCUT2D eigenvalue weighted by Gasteiger charge is 2.26. The van der Waals surface area contributed by atoms with Crippen molar-refractivity contribution in [2.75, 3.05) is 19.7 Å². The van der Waals surface area contributed by atoms with Crippen molar-refractivity contribution in [2.24, 2.45) is 11.7 Å². The van der Waals surface area contributed by atoms with E-state index in [4.69, 9.17) is 10.5 Å². The minimum atomic E-state index is 0.0599. The molecule has 0 aliphatic carbocycles. The molecular formula is C18H28N2O2. The van der Waals surface area contributed by atoms with Crippen molar-refractivity contribution in [2.45, 2.75) is 46.6 Å².